The number of rotatable bonds is 4. The largest absolute Gasteiger partial charge is 0.218 e. The maximum Gasteiger partial charge on any atom is 0.218 e. The molecule has 3 nitrogen and oxygen atoms in total. The second kappa shape index (κ2) is 7.45. The number of benzene rings is 2. The maximum atomic E-state index is 13.8. The van der Waals surface area contributed by atoms with Gasteiger partial charge in [0, 0.05) is 18.7 Å². The molecule has 2 aromatic carbocycles. The molecule has 1 fully saturated rings. The lowest BCUT2D eigenvalue weighted by molar-refractivity contribution is 0.405. The molecule has 1 saturated heterocycles. The Hall–Kier alpha value is -1.72. The number of nitrogens with zero attached hydrogens (tertiary/aromatic N) is 1. The first kappa shape index (κ1) is 17.1. The molecule has 0 radical (unpaired) electrons. The van der Waals surface area contributed by atoms with Crippen molar-refractivity contribution in [2.45, 2.75) is 30.9 Å². The van der Waals surface area contributed by atoms with Crippen LogP contribution in [0.1, 0.15) is 36.3 Å². The lowest BCUT2D eigenvalue weighted by Gasteiger charge is -2.24. The monoisotopic (exact) mass is 347 g/mol. The van der Waals surface area contributed by atoms with Gasteiger partial charge < -0.3 is 0 Å². The van der Waals surface area contributed by atoms with E-state index in [4.69, 9.17) is 0 Å². The SMILES string of the molecule is O=S(=O)(Cc1ccccc1F)N1CCCCC(c2ccccc2)C1. The molecule has 0 N–H and O–H groups in total. The van der Waals surface area contributed by atoms with Gasteiger partial charge in [-0.05, 0) is 30.4 Å². The summed E-state index contributed by atoms with van der Waals surface area (Å²) in [4.78, 5) is 0. The van der Waals surface area contributed by atoms with Gasteiger partial charge in [0.1, 0.15) is 5.82 Å². The zero-order chi connectivity index (χ0) is 17.0. The van der Waals surface area contributed by atoms with E-state index in [1.807, 2.05) is 18.2 Å². The molecule has 0 saturated carbocycles. The molecule has 24 heavy (non-hydrogen) atoms. The molecule has 1 aliphatic heterocycles. The van der Waals surface area contributed by atoms with Crippen LogP contribution < -0.4 is 0 Å². The molecule has 1 aliphatic rings. The fourth-order valence-corrected chi connectivity index (χ4v) is 4.88. The van der Waals surface area contributed by atoms with Crippen molar-refractivity contribution in [2.75, 3.05) is 13.1 Å². The Bertz CT molecular complexity index is 777. The summed E-state index contributed by atoms with van der Waals surface area (Å²) in [5.41, 5.74) is 1.41. The summed E-state index contributed by atoms with van der Waals surface area (Å²) in [5.74, 6) is -0.541. The van der Waals surface area contributed by atoms with Crippen LogP contribution in [0.4, 0.5) is 4.39 Å². The van der Waals surface area contributed by atoms with Crippen molar-refractivity contribution in [3.8, 4) is 0 Å². The van der Waals surface area contributed by atoms with Crippen LogP contribution in [-0.2, 0) is 15.8 Å². The summed E-state index contributed by atoms with van der Waals surface area (Å²) in [6, 6.07) is 16.1. The fraction of sp³-hybridized carbons (Fsp3) is 0.368. The molecule has 1 unspecified atom stereocenters. The Morgan fingerprint density at radius 2 is 1.71 bits per heavy atom. The first-order chi connectivity index (χ1) is 11.6. The zero-order valence-corrected chi connectivity index (χ0v) is 14.4. The van der Waals surface area contributed by atoms with Crippen LogP contribution in [0.15, 0.2) is 54.6 Å². The molecule has 0 aliphatic carbocycles. The van der Waals surface area contributed by atoms with Crippen LogP contribution in [0, 0.1) is 5.82 Å². The molecule has 0 bridgehead atoms. The van der Waals surface area contributed by atoms with Gasteiger partial charge in [0.15, 0.2) is 0 Å². The van der Waals surface area contributed by atoms with Crippen LogP contribution in [0.5, 0.6) is 0 Å². The number of hydrogen-bond acceptors (Lipinski definition) is 2. The molecule has 2 aromatic rings. The topological polar surface area (TPSA) is 37.4 Å². The highest BCUT2D eigenvalue weighted by molar-refractivity contribution is 7.88. The van der Waals surface area contributed by atoms with Crippen molar-refractivity contribution in [1.29, 1.82) is 0 Å². The molecule has 0 aromatic heterocycles. The van der Waals surface area contributed by atoms with Gasteiger partial charge in [-0.2, -0.15) is 0 Å². The normalized spacial score (nSPS) is 19.8. The van der Waals surface area contributed by atoms with Crippen molar-refractivity contribution in [3.05, 3.63) is 71.5 Å². The average Bonchev–Trinajstić information content (AvgIpc) is 2.84. The first-order valence-corrected chi connectivity index (χ1v) is 9.93. The molecule has 0 spiro atoms. The van der Waals surface area contributed by atoms with Crippen LogP contribution in [0.2, 0.25) is 0 Å². The molecule has 0 amide bonds. The van der Waals surface area contributed by atoms with E-state index < -0.39 is 15.8 Å². The number of halogens is 1. The van der Waals surface area contributed by atoms with Gasteiger partial charge in [-0.1, -0.05) is 55.0 Å². The second-order valence-corrected chi connectivity index (χ2v) is 8.28. The summed E-state index contributed by atoms with van der Waals surface area (Å²) in [7, 11) is -3.53. The Labute approximate surface area is 143 Å². The lowest BCUT2D eigenvalue weighted by Crippen LogP contribution is -2.35. The van der Waals surface area contributed by atoms with Crippen molar-refractivity contribution >= 4 is 10.0 Å². The third-order valence-electron chi connectivity index (χ3n) is 4.59. The maximum absolute atomic E-state index is 13.8. The smallest absolute Gasteiger partial charge is 0.212 e. The second-order valence-electron chi connectivity index (χ2n) is 6.31. The van der Waals surface area contributed by atoms with Crippen molar-refractivity contribution < 1.29 is 12.8 Å². The van der Waals surface area contributed by atoms with Crippen molar-refractivity contribution in [2.24, 2.45) is 0 Å². The van der Waals surface area contributed by atoms with Crippen molar-refractivity contribution in [1.82, 2.24) is 4.31 Å². The summed E-state index contributed by atoms with van der Waals surface area (Å²) in [6.07, 6.45) is 2.83. The minimum absolute atomic E-state index is 0.198. The predicted molar refractivity (Wildman–Crippen MR) is 93.6 cm³/mol. The van der Waals surface area contributed by atoms with Gasteiger partial charge in [-0.3, -0.25) is 0 Å². The van der Waals surface area contributed by atoms with Crippen LogP contribution in [0.25, 0.3) is 0 Å². The van der Waals surface area contributed by atoms with Gasteiger partial charge in [0.2, 0.25) is 10.0 Å². The highest BCUT2D eigenvalue weighted by Crippen LogP contribution is 2.28. The highest BCUT2D eigenvalue weighted by Gasteiger charge is 2.28. The molecule has 1 heterocycles. The summed E-state index contributed by atoms with van der Waals surface area (Å²) in [5, 5.41) is 0. The van der Waals surface area contributed by atoms with Gasteiger partial charge in [-0.15, -0.1) is 0 Å². The third kappa shape index (κ3) is 4.02. The van der Waals surface area contributed by atoms with E-state index in [9.17, 15) is 12.8 Å². The molecular weight excluding hydrogens is 325 g/mol. The quantitative estimate of drug-likeness (QED) is 0.840. The van der Waals surface area contributed by atoms with E-state index in [2.05, 4.69) is 12.1 Å². The van der Waals surface area contributed by atoms with Crippen molar-refractivity contribution in [3.63, 3.8) is 0 Å². The number of sulfonamides is 1. The summed E-state index contributed by atoms with van der Waals surface area (Å²) in [6.45, 7) is 0.987. The van der Waals surface area contributed by atoms with E-state index in [0.717, 1.165) is 19.3 Å². The number of hydrogen-bond donors (Lipinski definition) is 0. The van der Waals surface area contributed by atoms with E-state index >= 15 is 0 Å². The Kier molecular flexibility index (Phi) is 5.31. The van der Waals surface area contributed by atoms with E-state index in [0.29, 0.717) is 13.1 Å². The van der Waals surface area contributed by atoms with Gasteiger partial charge in [0.05, 0.1) is 5.75 Å². The third-order valence-corrected chi connectivity index (χ3v) is 6.39. The van der Waals surface area contributed by atoms with E-state index in [-0.39, 0.29) is 17.2 Å². The molecule has 5 heteroatoms. The minimum atomic E-state index is -3.53. The summed E-state index contributed by atoms with van der Waals surface area (Å²) < 4.78 is 41.0. The standard InChI is InChI=1S/C19H22FNO2S/c20-19-12-5-4-11-18(19)15-24(22,23)21-13-7-6-10-17(14-21)16-8-2-1-3-9-16/h1-5,8-9,11-12,17H,6-7,10,13-15H2. The molecule has 128 valence electrons. The highest BCUT2D eigenvalue weighted by atomic mass is 32.2. The van der Waals surface area contributed by atoms with Crippen LogP contribution in [-0.4, -0.2) is 25.8 Å². The Morgan fingerprint density at radius 3 is 2.46 bits per heavy atom. The van der Waals surface area contributed by atoms with E-state index in [1.54, 1.807) is 22.5 Å². The zero-order valence-electron chi connectivity index (χ0n) is 13.6. The minimum Gasteiger partial charge on any atom is -0.212 e. The molecule has 1 atom stereocenters. The lowest BCUT2D eigenvalue weighted by atomic mass is 9.95. The van der Waals surface area contributed by atoms with Gasteiger partial charge >= 0.3 is 0 Å². The van der Waals surface area contributed by atoms with Gasteiger partial charge in [-0.25, -0.2) is 17.1 Å². The predicted octanol–water partition coefficient (Wildman–Crippen LogP) is 3.93. The first-order valence-electron chi connectivity index (χ1n) is 8.32. The van der Waals surface area contributed by atoms with E-state index in [1.165, 1.54) is 11.6 Å². The molecular formula is C19H22FNO2S. The fourth-order valence-electron chi connectivity index (χ4n) is 3.26. The van der Waals surface area contributed by atoms with Gasteiger partial charge in [0.25, 0.3) is 0 Å². The van der Waals surface area contributed by atoms with Crippen LogP contribution in [0.3, 0.4) is 0 Å². The van der Waals surface area contributed by atoms with Crippen LogP contribution >= 0.6 is 0 Å². The Morgan fingerprint density at radius 1 is 1.00 bits per heavy atom. The Balaban J connectivity index is 1.80. The molecule has 3 rings (SSSR count). The summed E-state index contributed by atoms with van der Waals surface area (Å²) >= 11 is 0. The average molecular weight is 347 g/mol.